The molecule has 0 aromatic heterocycles. The second-order valence-electron chi connectivity index (χ2n) is 6.19. The highest BCUT2D eigenvalue weighted by molar-refractivity contribution is 5.43. The summed E-state index contributed by atoms with van der Waals surface area (Å²) in [5.41, 5.74) is 10.3. The Balaban J connectivity index is 1.84. The number of hydrogen-bond acceptors (Lipinski definition) is 2. The molecule has 2 fully saturated rings. The van der Waals surface area contributed by atoms with Gasteiger partial charge in [0.15, 0.2) is 0 Å². The van der Waals surface area contributed by atoms with Crippen molar-refractivity contribution in [2.75, 3.05) is 7.11 Å². The maximum atomic E-state index is 6.50. The quantitative estimate of drug-likeness (QED) is 0.886. The predicted octanol–water partition coefficient (Wildman–Crippen LogP) is 3.36. The fourth-order valence-corrected chi connectivity index (χ4v) is 3.70. The van der Waals surface area contributed by atoms with Gasteiger partial charge in [-0.15, -0.1) is 0 Å². The van der Waals surface area contributed by atoms with Crippen molar-refractivity contribution in [3.05, 3.63) is 28.8 Å². The minimum absolute atomic E-state index is 0.211. The fraction of sp³-hybridized carbons (Fsp3) is 0.625. The Bertz CT molecular complexity index is 458. The van der Waals surface area contributed by atoms with E-state index in [0.717, 1.165) is 17.6 Å². The molecule has 3 atom stereocenters. The van der Waals surface area contributed by atoms with Crippen molar-refractivity contribution < 1.29 is 4.74 Å². The lowest BCUT2D eigenvalue weighted by atomic mass is 9.87. The summed E-state index contributed by atoms with van der Waals surface area (Å²) in [4.78, 5) is 0. The molecule has 3 rings (SSSR count). The second kappa shape index (κ2) is 4.27. The highest BCUT2D eigenvalue weighted by Gasteiger charge is 2.47. The Morgan fingerprint density at radius 3 is 2.39 bits per heavy atom. The molecule has 0 aliphatic heterocycles. The molecule has 2 nitrogen and oxygen atoms in total. The van der Waals surface area contributed by atoms with Crippen molar-refractivity contribution in [2.45, 2.75) is 39.2 Å². The van der Waals surface area contributed by atoms with E-state index in [1.807, 2.05) is 0 Å². The van der Waals surface area contributed by atoms with Gasteiger partial charge in [-0.25, -0.2) is 0 Å². The van der Waals surface area contributed by atoms with Gasteiger partial charge in [-0.05, 0) is 73.6 Å². The fourth-order valence-electron chi connectivity index (χ4n) is 3.70. The average molecular weight is 245 g/mol. The van der Waals surface area contributed by atoms with Crippen LogP contribution in [0.1, 0.15) is 42.0 Å². The van der Waals surface area contributed by atoms with E-state index < -0.39 is 0 Å². The molecule has 0 heterocycles. The molecule has 2 aliphatic rings. The first-order valence-electron chi connectivity index (χ1n) is 7.01. The smallest absolute Gasteiger partial charge is 0.122 e. The Morgan fingerprint density at radius 2 is 1.78 bits per heavy atom. The summed E-state index contributed by atoms with van der Waals surface area (Å²) >= 11 is 0. The van der Waals surface area contributed by atoms with E-state index in [0.29, 0.717) is 5.92 Å². The van der Waals surface area contributed by atoms with Crippen LogP contribution in [0.2, 0.25) is 0 Å². The Morgan fingerprint density at radius 1 is 1.11 bits per heavy atom. The number of rotatable bonds is 3. The summed E-state index contributed by atoms with van der Waals surface area (Å²) < 4.78 is 5.37. The van der Waals surface area contributed by atoms with E-state index in [-0.39, 0.29) is 6.04 Å². The van der Waals surface area contributed by atoms with Crippen LogP contribution in [0.3, 0.4) is 0 Å². The van der Waals surface area contributed by atoms with Gasteiger partial charge in [0.2, 0.25) is 0 Å². The molecule has 0 radical (unpaired) electrons. The summed E-state index contributed by atoms with van der Waals surface area (Å²) in [7, 11) is 1.73. The molecule has 0 spiro atoms. The molecule has 1 aromatic rings. The third-order valence-electron chi connectivity index (χ3n) is 4.93. The van der Waals surface area contributed by atoms with Crippen LogP contribution >= 0.6 is 0 Å². The van der Waals surface area contributed by atoms with Crippen LogP contribution in [0.4, 0.5) is 0 Å². The second-order valence-corrected chi connectivity index (χ2v) is 6.19. The van der Waals surface area contributed by atoms with Crippen molar-refractivity contribution in [2.24, 2.45) is 23.5 Å². The van der Waals surface area contributed by atoms with E-state index in [1.165, 1.54) is 36.0 Å². The van der Waals surface area contributed by atoms with E-state index >= 15 is 0 Å². The van der Waals surface area contributed by atoms with Crippen molar-refractivity contribution >= 4 is 0 Å². The van der Waals surface area contributed by atoms with Crippen molar-refractivity contribution in [1.82, 2.24) is 0 Å². The monoisotopic (exact) mass is 245 g/mol. The lowest BCUT2D eigenvalue weighted by Gasteiger charge is -2.23. The number of nitrogens with two attached hydrogens (primary N) is 1. The largest absolute Gasteiger partial charge is 0.496 e. The summed E-state index contributed by atoms with van der Waals surface area (Å²) in [6.07, 6.45) is 4.15. The lowest BCUT2D eigenvalue weighted by Crippen LogP contribution is -2.21. The Kier molecular flexibility index (Phi) is 2.86. The molecule has 1 aromatic carbocycles. The topological polar surface area (TPSA) is 35.2 Å². The number of fused-ring (bicyclic) bond motifs is 1. The standard InChI is InChI=1S/C16H23NO/c1-9-5-15(18-3)10(2)4-14(9)16(17)13-7-11-6-12(11)8-13/h4-5,11-13,16H,6-8,17H2,1-3H3. The maximum Gasteiger partial charge on any atom is 0.122 e. The molecule has 0 amide bonds. The number of methoxy groups -OCH3 is 1. The van der Waals surface area contributed by atoms with E-state index in [1.54, 1.807) is 7.11 Å². The summed E-state index contributed by atoms with van der Waals surface area (Å²) in [5, 5.41) is 0. The summed E-state index contributed by atoms with van der Waals surface area (Å²) in [6.45, 7) is 4.24. The van der Waals surface area contributed by atoms with Crippen LogP contribution in [0.15, 0.2) is 12.1 Å². The van der Waals surface area contributed by atoms with E-state index in [2.05, 4.69) is 26.0 Å². The zero-order chi connectivity index (χ0) is 12.9. The molecular weight excluding hydrogens is 222 g/mol. The molecular formula is C16H23NO. The molecule has 2 aliphatic carbocycles. The Hall–Kier alpha value is -1.02. The molecule has 2 N–H and O–H groups in total. The molecule has 2 saturated carbocycles. The van der Waals surface area contributed by atoms with Crippen LogP contribution in [0, 0.1) is 31.6 Å². The van der Waals surface area contributed by atoms with Gasteiger partial charge in [0.25, 0.3) is 0 Å². The van der Waals surface area contributed by atoms with Crippen LogP contribution in [0.25, 0.3) is 0 Å². The minimum Gasteiger partial charge on any atom is -0.496 e. The Labute approximate surface area is 110 Å². The SMILES string of the molecule is COc1cc(C)c(C(N)C2CC3CC3C2)cc1C. The first kappa shape index (κ1) is 12.0. The highest BCUT2D eigenvalue weighted by Crippen LogP contribution is 2.56. The van der Waals surface area contributed by atoms with Gasteiger partial charge in [-0.3, -0.25) is 0 Å². The predicted molar refractivity (Wildman–Crippen MR) is 73.7 cm³/mol. The van der Waals surface area contributed by atoms with Crippen LogP contribution in [-0.4, -0.2) is 7.11 Å². The molecule has 3 unspecified atom stereocenters. The minimum atomic E-state index is 0.211. The first-order valence-corrected chi connectivity index (χ1v) is 7.01. The van der Waals surface area contributed by atoms with Gasteiger partial charge in [-0.1, -0.05) is 6.07 Å². The number of aryl methyl sites for hydroxylation is 2. The van der Waals surface area contributed by atoms with Gasteiger partial charge in [0.1, 0.15) is 5.75 Å². The van der Waals surface area contributed by atoms with Crippen LogP contribution in [-0.2, 0) is 0 Å². The van der Waals surface area contributed by atoms with Crippen LogP contribution in [0.5, 0.6) is 5.75 Å². The van der Waals surface area contributed by atoms with Crippen LogP contribution < -0.4 is 10.5 Å². The zero-order valence-electron chi connectivity index (χ0n) is 11.6. The molecule has 0 bridgehead atoms. The molecule has 2 heteroatoms. The number of benzene rings is 1. The van der Waals surface area contributed by atoms with Gasteiger partial charge < -0.3 is 10.5 Å². The first-order chi connectivity index (χ1) is 8.60. The van der Waals surface area contributed by atoms with Gasteiger partial charge in [-0.2, -0.15) is 0 Å². The lowest BCUT2D eigenvalue weighted by molar-refractivity contribution is 0.398. The zero-order valence-corrected chi connectivity index (χ0v) is 11.6. The van der Waals surface area contributed by atoms with Gasteiger partial charge in [0.05, 0.1) is 7.11 Å². The third-order valence-corrected chi connectivity index (χ3v) is 4.93. The van der Waals surface area contributed by atoms with Gasteiger partial charge >= 0.3 is 0 Å². The summed E-state index contributed by atoms with van der Waals surface area (Å²) in [6, 6.07) is 4.56. The third kappa shape index (κ3) is 1.93. The molecule has 18 heavy (non-hydrogen) atoms. The van der Waals surface area contributed by atoms with Crippen molar-refractivity contribution in [3.8, 4) is 5.75 Å². The number of ether oxygens (including phenoxy) is 1. The van der Waals surface area contributed by atoms with Crippen molar-refractivity contribution in [1.29, 1.82) is 0 Å². The van der Waals surface area contributed by atoms with Gasteiger partial charge in [0, 0.05) is 6.04 Å². The maximum absolute atomic E-state index is 6.50. The van der Waals surface area contributed by atoms with E-state index in [4.69, 9.17) is 10.5 Å². The summed E-state index contributed by atoms with van der Waals surface area (Å²) in [5.74, 6) is 3.67. The normalized spacial score (nSPS) is 31.0. The average Bonchev–Trinajstić information content (AvgIpc) is 2.97. The highest BCUT2D eigenvalue weighted by atomic mass is 16.5. The molecule has 98 valence electrons. The van der Waals surface area contributed by atoms with Crippen molar-refractivity contribution in [3.63, 3.8) is 0 Å². The van der Waals surface area contributed by atoms with E-state index in [9.17, 15) is 0 Å². The number of hydrogen-bond donors (Lipinski definition) is 1. The molecule has 0 saturated heterocycles.